The summed E-state index contributed by atoms with van der Waals surface area (Å²) in [6.07, 6.45) is -1.84. The second-order valence-electron chi connectivity index (χ2n) is 7.96. The van der Waals surface area contributed by atoms with E-state index >= 15 is 0 Å². The van der Waals surface area contributed by atoms with Crippen molar-refractivity contribution in [3.8, 4) is 11.1 Å². The summed E-state index contributed by atoms with van der Waals surface area (Å²) in [5, 5.41) is 11.7. The quantitative estimate of drug-likeness (QED) is 0.656. The minimum atomic E-state index is -1.14. The SMILES string of the molecule is COCC(NC(=O)OCC1c2ccccc2-c2ccccc21)C(=O)N1CCOC(C(=O)O)C1. The predicted molar refractivity (Wildman–Crippen MR) is 118 cm³/mol. The van der Waals surface area contributed by atoms with Crippen LogP contribution in [0.2, 0.25) is 0 Å². The van der Waals surface area contributed by atoms with Crippen LogP contribution in [0.25, 0.3) is 11.1 Å². The number of nitrogens with one attached hydrogen (secondary N) is 1. The average molecular weight is 454 g/mol. The number of alkyl carbamates (subject to hydrolysis) is 1. The number of carboxylic acids is 1. The first kappa shape index (κ1) is 22.8. The Balaban J connectivity index is 1.40. The smallest absolute Gasteiger partial charge is 0.407 e. The molecule has 0 saturated carbocycles. The topological polar surface area (TPSA) is 114 Å². The Bertz CT molecular complexity index is 995. The summed E-state index contributed by atoms with van der Waals surface area (Å²) >= 11 is 0. The molecule has 174 valence electrons. The highest BCUT2D eigenvalue weighted by Crippen LogP contribution is 2.44. The van der Waals surface area contributed by atoms with E-state index in [1.54, 1.807) is 0 Å². The first-order valence-electron chi connectivity index (χ1n) is 10.7. The van der Waals surface area contributed by atoms with Gasteiger partial charge in [0.1, 0.15) is 12.6 Å². The fraction of sp³-hybridized carbons (Fsp3) is 0.375. The number of benzene rings is 2. The van der Waals surface area contributed by atoms with E-state index in [1.165, 1.54) is 12.0 Å². The fourth-order valence-electron chi connectivity index (χ4n) is 4.34. The molecule has 9 heteroatoms. The molecular formula is C24H26N2O7. The third kappa shape index (κ3) is 4.84. The molecule has 1 fully saturated rings. The summed E-state index contributed by atoms with van der Waals surface area (Å²) in [6.45, 7) is 0.286. The number of hydrogen-bond donors (Lipinski definition) is 2. The van der Waals surface area contributed by atoms with E-state index in [1.807, 2.05) is 48.5 Å². The lowest BCUT2D eigenvalue weighted by Gasteiger charge is -2.33. The molecule has 0 aromatic heterocycles. The maximum Gasteiger partial charge on any atom is 0.407 e. The molecule has 1 aliphatic carbocycles. The molecule has 2 N–H and O–H groups in total. The van der Waals surface area contributed by atoms with Crippen LogP contribution in [0.4, 0.5) is 4.79 Å². The highest BCUT2D eigenvalue weighted by atomic mass is 16.5. The van der Waals surface area contributed by atoms with E-state index in [9.17, 15) is 14.4 Å². The Morgan fingerprint density at radius 3 is 2.36 bits per heavy atom. The van der Waals surface area contributed by atoms with E-state index in [-0.39, 0.29) is 38.8 Å². The Morgan fingerprint density at radius 2 is 1.76 bits per heavy atom. The molecule has 2 unspecified atom stereocenters. The van der Waals surface area contributed by atoms with Gasteiger partial charge in [-0.05, 0) is 22.3 Å². The summed E-state index contributed by atoms with van der Waals surface area (Å²) < 4.78 is 15.8. The Hall–Kier alpha value is -3.43. The number of carboxylic acid groups (broad SMARTS) is 1. The van der Waals surface area contributed by atoms with Crippen LogP contribution in [0.1, 0.15) is 17.0 Å². The number of hydrogen-bond acceptors (Lipinski definition) is 6. The van der Waals surface area contributed by atoms with Gasteiger partial charge in [0.05, 0.1) is 19.8 Å². The van der Waals surface area contributed by atoms with Crippen molar-refractivity contribution in [2.24, 2.45) is 0 Å². The summed E-state index contributed by atoms with van der Waals surface area (Å²) in [6, 6.07) is 15.0. The summed E-state index contributed by atoms with van der Waals surface area (Å²) in [4.78, 5) is 38.1. The maximum absolute atomic E-state index is 12.9. The molecule has 0 radical (unpaired) electrons. The summed E-state index contributed by atoms with van der Waals surface area (Å²) in [5.41, 5.74) is 4.41. The van der Waals surface area contributed by atoms with Gasteiger partial charge in [-0.15, -0.1) is 0 Å². The van der Waals surface area contributed by atoms with Crippen molar-refractivity contribution >= 4 is 18.0 Å². The van der Waals surface area contributed by atoms with E-state index in [2.05, 4.69) is 5.32 Å². The molecule has 0 bridgehead atoms. The van der Waals surface area contributed by atoms with Gasteiger partial charge in [0.2, 0.25) is 5.91 Å². The Labute approximate surface area is 191 Å². The van der Waals surface area contributed by atoms with Crippen molar-refractivity contribution in [1.82, 2.24) is 10.2 Å². The Kier molecular flexibility index (Phi) is 6.90. The second-order valence-corrected chi connectivity index (χ2v) is 7.96. The number of rotatable bonds is 7. The summed E-state index contributed by atoms with van der Waals surface area (Å²) in [7, 11) is 1.42. The van der Waals surface area contributed by atoms with Gasteiger partial charge >= 0.3 is 12.1 Å². The van der Waals surface area contributed by atoms with Crippen LogP contribution in [0.5, 0.6) is 0 Å². The number of fused-ring (bicyclic) bond motifs is 3. The number of methoxy groups -OCH3 is 1. The van der Waals surface area contributed by atoms with Crippen LogP contribution in [0.15, 0.2) is 48.5 Å². The van der Waals surface area contributed by atoms with Gasteiger partial charge in [-0.25, -0.2) is 9.59 Å². The molecule has 9 nitrogen and oxygen atoms in total. The highest BCUT2D eigenvalue weighted by molar-refractivity contribution is 5.87. The van der Waals surface area contributed by atoms with Gasteiger partial charge in [0.15, 0.2) is 6.10 Å². The van der Waals surface area contributed by atoms with Crippen molar-refractivity contribution in [3.05, 3.63) is 59.7 Å². The van der Waals surface area contributed by atoms with Crippen LogP contribution in [-0.4, -0.2) is 80.1 Å². The zero-order valence-corrected chi connectivity index (χ0v) is 18.2. The number of carbonyl (C=O) groups is 3. The molecule has 2 aliphatic rings. The van der Waals surface area contributed by atoms with Gasteiger partial charge in [0, 0.05) is 19.6 Å². The van der Waals surface area contributed by atoms with Crippen molar-refractivity contribution < 1.29 is 33.7 Å². The van der Waals surface area contributed by atoms with Crippen LogP contribution in [-0.2, 0) is 23.8 Å². The van der Waals surface area contributed by atoms with Crippen LogP contribution in [0.3, 0.4) is 0 Å². The van der Waals surface area contributed by atoms with E-state index in [4.69, 9.17) is 19.3 Å². The van der Waals surface area contributed by atoms with Crippen LogP contribution >= 0.6 is 0 Å². The molecule has 2 atom stereocenters. The average Bonchev–Trinajstić information content (AvgIpc) is 3.16. The van der Waals surface area contributed by atoms with E-state index in [0.29, 0.717) is 0 Å². The third-order valence-electron chi connectivity index (χ3n) is 5.92. The third-order valence-corrected chi connectivity index (χ3v) is 5.92. The van der Waals surface area contributed by atoms with Crippen molar-refractivity contribution in [2.45, 2.75) is 18.1 Å². The minimum absolute atomic E-state index is 0.0713. The molecule has 1 heterocycles. The van der Waals surface area contributed by atoms with Crippen molar-refractivity contribution in [2.75, 3.05) is 40.0 Å². The highest BCUT2D eigenvalue weighted by Gasteiger charge is 2.34. The molecular weight excluding hydrogens is 428 g/mol. The minimum Gasteiger partial charge on any atom is -0.479 e. The first-order chi connectivity index (χ1) is 16.0. The molecule has 1 saturated heterocycles. The lowest BCUT2D eigenvalue weighted by Crippen LogP contribution is -2.56. The van der Waals surface area contributed by atoms with E-state index < -0.39 is 30.1 Å². The molecule has 1 aliphatic heterocycles. The summed E-state index contributed by atoms with van der Waals surface area (Å²) in [5.74, 6) is -1.68. The number of ether oxygens (including phenoxy) is 3. The molecule has 2 amide bonds. The van der Waals surface area contributed by atoms with Gasteiger partial charge in [-0.3, -0.25) is 4.79 Å². The molecule has 2 aromatic rings. The Morgan fingerprint density at radius 1 is 1.12 bits per heavy atom. The lowest BCUT2D eigenvalue weighted by molar-refractivity contribution is -0.160. The standard InChI is InChI=1S/C24H26N2O7/c1-31-14-20(22(27)26-10-11-32-21(12-26)23(28)29)25-24(30)33-13-19-17-8-4-2-6-15(17)16-7-3-5-9-18(16)19/h2-9,19-21H,10-14H2,1H3,(H,25,30)(H,28,29). The van der Waals surface area contributed by atoms with Crippen LogP contribution in [0, 0.1) is 0 Å². The molecule has 4 rings (SSSR count). The number of amides is 2. The fourth-order valence-corrected chi connectivity index (χ4v) is 4.34. The zero-order valence-electron chi connectivity index (χ0n) is 18.2. The number of carbonyl (C=O) groups excluding carboxylic acids is 2. The molecule has 2 aromatic carbocycles. The van der Waals surface area contributed by atoms with Gasteiger partial charge in [0.25, 0.3) is 0 Å². The van der Waals surface area contributed by atoms with E-state index in [0.717, 1.165) is 22.3 Å². The van der Waals surface area contributed by atoms with Gasteiger partial charge in [-0.1, -0.05) is 48.5 Å². The first-order valence-corrected chi connectivity index (χ1v) is 10.7. The number of nitrogens with zero attached hydrogens (tertiary/aromatic N) is 1. The molecule has 33 heavy (non-hydrogen) atoms. The maximum atomic E-state index is 12.9. The second kappa shape index (κ2) is 10.0. The predicted octanol–water partition coefficient (Wildman–Crippen LogP) is 1.85. The van der Waals surface area contributed by atoms with Gasteiger partial charge in [-0.2, -0.15) is 0 Å². The molecule has 0 spiro atoms. The largest absolute Gasteiger partial charge is 0.479 e. The van der Waals surface area contributed by atoms with Crippen molar-refractivity contribution in [1.29, 1.82) is 0 Å². The lowest BCUT2D eigenvalue weighted by atomic mass is 9.98. The monoisotopic (exact) mass is 454 g/mol. The number of morpholine rings is 1. The normalized spacial score (nSPS) is 18.2. The van der Waals surface area contributed by atoms with Crippen LogP contribution < -0.4 is 5.32 Å². The number of aliphatic carboxylic acids is 1. The zero-order chi connectivity index (χ0) is 23.4. The van der Waals surface area contributed by atoms with Gasteiger partial charge < -0.3 is 29.5 Å². The van der Waals surface area contributed by atoms with Crippen molar-refractivity contribution in [3.63, 3.8) is 0 Å².